The zero-order chi connectivity index (χ0) is 13.2. The number of Topliss-reactive ketones (excluding diaryl/α,β-unsaturated/α-hetero) is 1. The van der Waals surface area contributed by atoms with Crippen LogP contribution in [0, 0.1) is 0 Å². The minimum atomic E-state index is -1.53. The fraction of sp³-hybridized carbons (Fsp3) is 0.900. The van der Waals surface area contributed by atoms with Crippen molar-refractivity contribution in [2.45, 2.75) is 50.0 Å². The number of hydrogen-bond acceptors (Lipinski definition) is 7. The maximum absolute atomic E-state index is 10.9. The third-order valence-electron chi connectivity index (χ3n) is 2.80. The largest absolute Gasteiger partial charge is 0.394 e. The van der Waals surface area contributed by atoms with E-state index in [9.17, 15) is 25.2 Å². The summed E-state index contributed by atoms with van der Waals surface area (Å²) in [6.45, 7) is 0.641. The highest BCUT2D eigenvalue weighted by atomic mass is 16.5. The average Bonchev–Trinajstić information content (AvgIpc) is 2.28. The molecule has 1 aliphatic heterocycles. The first-order chi connectivity index (χ1) is 7.88. The van der Waals surface area contributed by atoms with E-state index >= 15 is 0 Å². The van der Waals surface area contributed by atoms with Crippen LogP contribution in [0.1, 0.15) is 13.3 Å². The van der Waals surface area contributed by atoms with E-state index in [-0.39, 0.29) is 12.2 Å². The van der Waals surface area contributed by atoms with Gasteiger partial charge < -0.3 is 30.3 Å². The molecule has 5 N–H and O–H groups in total. The van der Waals surface area contributed by atoms with Crippen molar-refractivity contribution >= 4 is 5.78 Å². The summed E-state index contributed by atoms with van der Waals surface area (Å²) in [6, 6.07) is 0. The Hall–Kier alpha value is -0.570. The van der Waals surface area contributed by atoms with Gasteiger partial charge in [0.1, 0.15) is 36.3 Å². The van der Waals surface area contributed by atoms with Crippen LogP contribution in [0.2, 0.25) is 0 Å². The van der Waals surface area contributed by atoms with Crippen molar-refractivity contribution in [2.75, 3.05) is 6.61 Å². The normalized spacial score (nSPS) is 40.0. The van der Waals surface area contributed by atoms with E-state index in [1.165, 1.54) is 6.92 Å². The Balaban J connectivity index is 2.78. The van der Waals surface area contributed by atoms with E-state index in [4.69, 9.17) is 9.84 Å². The smallest absolute Gasteiger partial charge is 0.132 e. The molecule has 7 nitrogen and oxygen atoms in total. The number of aliphatic hydroxyl groups excluding tert-OH is 5. The average molecular weight is 250 g/mol. The molecule has 0 spiro atoms. The zero-order valence-corrected chi connectivity index (χ0v) is 9.43. The summed E-state index contributed by atoms with van der Waals surface area (Å²) in [7, 11) is 0. The lowest BCUT2D eigenvalue weighted by Gasteiger charge is -2.41. The Labute approximate surface area is 98.3 Å². The highest BCUT2D eigenvalue weighted by molar-refractivity contribution is 5.76. The Kier molecular flexibility index (Phi) is 4.99. The lowest BCUT2D eigenvalue weighted by molar-refractivity contribution is -0.245. The van der Waals surface area contributed by atoms with Crippen LogP contribution in [0.4, 0.5) is 0 Å². The Bertz CT molecular complexity index is 269. The summed E-state index contributed by atoms with van der Waals surface area (Å²) >= 11 is 0. The molecule has 0 saturated carbocycles. The van der Waals surface area contributed by atoms with Crippen LogP contribution >= 0.6 is 0 Å². The van der Waals surface area contributed by atoms with Crippen molar-refractivity contribution in [3.05, 3.63) is 0 Å². The van der Waals surface area contributed by atoms with Crippen LogP contribution < -0.4 is 0 Å². The highest BCUT2D eigenvalue weighted by Gasteiger charge is 2.46. The number of carbonyl (C=O) groups excluding carboxylic acids is 1. The second-order valence-electron chi connectivity index (χ2n) is 4.27. The van der Waals surface area contributed by atoms with Crippen molar-refractivity contribution in [3.63, 3.8) is 0 Å². The number of ketones is 1. The molecule has 6 atom stereocenters. The Morgan fingerprint density at radius 2 is 1.82 bits per heavy atom. The number of ether oxygens (including phenoxy) is 1. The van der Waals surface area contributed by atoms with Gasteiger partial charge in [-0.15, -0.1) is 0 Å². The van der Waals surface area contributed by atoms with Crippen LogP contribution in [0.3, 0.4) is 0 Å². The van der Waals surface area contributed by atoms with E-state index in [0.717, 1.165) is 0 Å². The lowest BCUT2D eigenvalue weighted by atomic mass is 9.90. The second kappa shape index (κ2) is 5.85. The summed E-state index contributed by atoms with van der Waals surface area (Å²) in [5, 5.41) is 46.9. The zero-order valence-electron chi connectivity index (χ0n) is 9.43. The van der Waals surface area contributed by atoms with E-state index < -0.39 is 43.2 Å². The predicted octanol–water partition coefficient (Wildman–Crippen LogP) is -2.83. The van der Waals surface area contributed by atoms with Gasteiger partial charge in [0.25, 0.3) is 0 Å². The molecule has 0 aromatic heterocycles. The molecule has 1 rings (SSSR count). The van der Waals surface area contributed by atoms with Gasteiger partial charge in [-0.1, -0.05) is 0 Å². The van der Waals surface area contributed by atoms with Crippen molar-refractivity contribution < 1.29 is 35.1 Å². The standard InChI is InChI=1S/C10H18O7/c1-4(12)2-6-7(14)8(15)9(16)10(17-6)5(13)3-11/h5-11,13-16H,2-3H2,1H3/t5-,6-,7-,8-,9+,10-/m1/s1. The molecule has 0 aliphatic carbocycles. The van der Waals surface area contributed by atoms with Crippen LogP contribution in [0.25, 0.3) is 0 Å². The van der Waals surface area contributed by atoms with E-state index in [2.05, 4.69) is 0 Å². The van der Waals surface area contributed by atoms with Crippen molar-refractivity contribution in [3.8, 4) is 0 Å². The van der Waals surface area contributed by atoms with Crippen LogP contribution in [-0.2, 0) is 9.53 Å². The summed E-state index contributed by atoms with van der Waals surface area (Å²) in [5.74, 6) is -0.255. The maximum atomic E-state index is 10.9. The van der Waals surface area contributed by atoms with Crippen LogP contribution in [0.5, 0.6) is 0 Å². The van der Waals surface area contributed by atoms with Crippen molar-refractivity contribution in [1.29, 1.82) is 0 Å². The number of rotatable bonds is 4. The molecule has 17 heavy (non-hydrogen) atoms. The van der Waals surface area contributed by atoms with Gasteiger partial charge in [0.15, 0.2) is 0 Å². The van der Waals surface area contributed by atoms with Gasteiger partial charge in [-0.25, -0.2) is 0 Å². The van der Waals surface area contributed by atoms with Gasteiger partial charge in [0.05, 0.1) is 12.7 Å². The third-order valence-corrected chi connectivity index (χ3v) is 2.80. The molecule has 1 aliphatic rings. The summed E-state index contributed by atoms with van der Waals surface area (Å²) < 4.78 is 5.15. The van der Waals surface area contributed by atoms with Gasteiger partial charge in [-0.05, 0) is 6.92 Å². The Morgan fingerprint density at radius 1 is 1.24 bits per heavy atom. The fourth-order valence-electron chi connectivity index (χ4n) is 1.85. The van der Waals surface area contributed by atoms with Crippen LogP contribution in [-0.4, -0.2) is 74.5 Å². The molecule has 0 bridgehead atoms. The number of aliphatic hydroxyl groups is 5. The SMILES string of the molecule is CC(=O)C[C@H]1O[C@H]([C@H](O)CO)[C@@H](O)[C@H](O)[C@@H]1O. The molecular formula is C10H18O7. The predicted molar refractivity (Wildman–Crippen MR) is 55.1 cm³/mol. The fourth-order valence-corrected chi connectivity index (χ4v) is 1.85. The van der Waals surface area contributed by atoms with Gasteiger partial charge in [-0.3, -0.25) is 4.79 Å². The van der Waals surface area contributed by atoms with E-state index in [1.54, 1.807) is 0 Å². The molecule has 100 valence electrons. The number of carbonyl (C=O) groups is 1. The molecule has 1 heterocycles. The second-order valence-corrected chi connectivity index (χ2v) is 4.27. The summed E-state index contributed by atoms with van der Waals surface area (Å²) in [4.78, 5) is 10.9. The van der Waals surface area contributed by atoms with Crippen molar-refractivity contribution in [2.24, 2.45) is 0 Å². The molecule has 0 aromatic rings. The van der Waals surface area contributed by atoms with Crippen LogP contribution in [0.15, 0.2) is 0 Å². The lowest BCUT2D eigenvalue weighted by Crippen LogP contribution is -2.61. The molecule has 1 fully saturated rings. The molecule has 0 amide bonds. The first-order valence-corrected chi connectivity index (χ1v) is 5.36. The molecular weight excluding hydrogens is 232 g/mol. The van der Waals surface area contributed by atoms with Gasteiger partial charge in [0.2, 0.25) is 0 Å². The molecule has 0 radical (unpaired) electrons. The first-order valence-electron chi connectivity index (χ1n) is 5.36. The number of hydrogen-bond donors (Lipinski definition) is 5. The highest BCUT2D eigenvalue weighted by Crippen LogP contribution is 2.25. The van der Waals surface area contributed by atoms with Crippen molar-refractivity contribution in [1.82, 2.24) is 0 Å². The minimum Gasteiger partial charge on any atom is -0.394 e. The summed E-state index contributed by atoms with van der Waals surface area (Å²) in [5.41, 5.74) is 0. The minimum absolute atomic E-state index is 0.139. The first kappa shape index (κ1) is 14.5. The van der Waals surface area contributed by atoms with Gasteiger partial charge >= 0.3 is 0 Å². The van der Waals surface area contributed by atoms with Gasteiger partial charge in [-0.2, -0.15) is 0 Å². The molecule has 0 aromatic carbocycles. The summed E-state index contributed by atoms with van der Waals surface area (Å²) in [6.07, 6.45) is -8.22. The molecule has 0 unspecified atom stereocenters. The van der Waals surface area contributed by atoms with Gasteiger partial charge in [0, 0.05) is 6.42 Å². The maximum Gasteiger partial charge on any atom is 0.132 e. The third kappa shape index (κ3) is 3.21. The molecule has 7 heteroatoms. The molecule has 1 saturated heterocycles. The van der Waals surface area contributed by atoms with E-state index in [0.29, 0.717) is 0 Å². The topological polar surface area (TPSA) is 127 Å². The Morgan fingerprint density at radius 3 is 2.29 bits per heavy atom. The quantitative estimate of drug-likeness (QED) is 0.364. The monoisotopic (exact) mass is 250 g/mol. The van der Waals surface area contributed by atoms with E-state index in [1.807, 2.05) is 0 Å².